The van der Waals surface area contributed by atoms with Crippen LogP contribution in [-0.2, 0) is 0 Å². The van der Waals surface area contributed by atoms with Crippen LogP contribution in [-0.4, -0.2) is 10.9 Å². The number of benzene rings is 1. The van der Waals surface area contributed by atoms with Crippen LogP contribution in [0.4, 0.5) is 18.9 Å². The summed E-state index contributed by atoms with van der Waals surface area (Å²) < 4.78 is 39.6. The molecule has 2 rings (SSSR count). The first-order valence-electron chi connectivity index (χ1n) is 5.06. The Morgan fingerprint density at radius 1 is 1.16 bits per heavy atom. The molecule has 1 N–H and O–H groups in total. The summed E-state index contributed by atoms with van der Waals surface area (Å²) >= 11 is 2.93. The smallest absolute Gasteiger partial charge is 0.258 e. The highest BCUT2D eigenvalue weighted by atomic mass is 79.9. The van der Waals surface area contributed by atoms with E-state index in [1.54, 1.807) is 0 Å². The van der Waals surface area contributed by atoms with Crippen LogP contribution >= 0.6 is 15.9 Å². The lowest BCUT2D eigenvalue weighted by molar-refractivity contribution is 0.102. The molecule has 2 aromatic rings. The van der Waals surface area contributed by atoms with E-state index >= 15 is 0 Å². The zero-order valence-corrected chi connectivity index (χ0v) is 10.8. The molecule has 1 aromatic carbocycles. The van der Waals surface area contributed by atoms with Crippen molar-refractivity contribution < 1.29 is 18.0 Å². The lowest BCUT2D eigenvalue weighted by atomic mass is 10.2. The summed E-state index contributed by atoms with van der Waals surface area (Å²) in [7, 11) is 0. The van der Waals surface area contributed by atoms with Crippen LogP contribution in [0.25, 0.3) is 0 Å². The number of pyridine rings is 1. The third-order valence-electron chi connectivity index (χ3n) is 2.26. The Balaban J connectivity index is 2.28. The van der Waals surface area contributed by atoms with Gasteiger partial charge in [-0.1, -0.05) is 6.07 Å². The Bertz CT molecular complexity index is 649. The number of carbonyl (C=O) groups excluding carboxylic acids is 1. The number of halogens is 4. The molecule has 0 bridgehead atoms. The molecule has 3 nitrogen and oxygen atoms in total. The summed E-state index contributed by atoms with van der Waals surface area (Å²) in [5.41, 5.74) is -0.594. The van der Waals surface area contributed by atoms with Gasteiger partial charge in [0.05, 0.1) is 15.7 Å². The topological polar surface area (TPSA) is 42.0 Å². The molecule has 0 radical (unpaired) electrons. The van der Waals surface area contributed by atoms with Crippen LogP contribution < -0.4 is 5.32 Å². The molecule has 0 aliphatic heterocycles. The van der Waals surface area contributed by atoms with Gasteiger partial charge in [0.1, 0.15) is 5.82 Å². The molecule has 1 aromatic heterocycles. The molecule has 7 heteroatoms. The van der Waals surface area contributed by atoms with Crippen LogP contribution in [0.5, 0.6) is 0 Å². The van der Waals surface area contributed by atoms with Crippen LogP contribution in [0.15, 0.2) is 34.8 Å². The average molecular weight is 331 g/mol. The van der Waals surface area contributed by atoms with E-state index in [9.17, 15) is 18.0 Å². The summed E-state index contributed by atoms with van der Waals surface area (Å²) in [6, 6.07) is 6.01. The molecule has 0 unspecified atom stereocenters. The van der Waals surface area contributed by atoms with Crippen molar-refractivity contribution in [3.05, 3.63) is 58.1 Å². The Labute approximate surface area is 114 Å². The Hall–Kier alpha value is -1.89. The maximum absolute atomic E-state index is 13.6. The first kappa shape index (κ1) is 13.5. The van der Waals surface area contributed by atoms with E-state index in [4.69, 9.17) is 0 Å². The van der Waals surface area contributed by atoms with Crippen LogP contribution in [0.1, 0.15) is 10.4 Å². The van der Waals surface area contributed by atoms with Gasteiger partial charge < -0.3 is 5.32 Å². The van der Waals surface area contributed by atoms with Gasteiger partial charge in [-0.15, -0.1) is 0 Å². The number of hydrogen-bond donors (Lipinski definition) is 1. The van der Waals surface area contributed by atoms with Crippen molar-refractivity contribution in [2.75, 3.05) is 5.32 Å². The first-order chi connectivity index (χ1) is 8.99. The summed E-state index contributed by atoms with van der Waals surface area (Å²) in [6.45, 7) is 0. The summed E-state index contributed by atoms with van der Waals surface area (Å²) in [5.74, 6) is -3.81. The molecule has 0 saturated carbocycles. The number of anilines is 1. The monoisotopic (exact) mass is 330 g/mol. The predicted molar refractivity (Wildman–Crippen MR) is 66.2 cm³/mol. The first-order valence-corrected chi connectivity index (χ1v) is 5.85. The second-order valence-electron chi connectivity index (χ2n) is 3.53. The van der Waals surface area contributed by atoms with Gasteiger partial charge in [-0.05, 0) is 40.2 Å². The van der Waals surface area contributed by atoms with Gasteiger partial charge in [-0.2, -0.15) is 13.8 Å². The molecule has 98 valence electrons. The molecular formula is C12H6BrF3N2O. The number of amides is 1. The molecule has 0 aliphatic rings. The lowest BCUT2D eigenvalue weighted by Gasteiger charge is -2.07. The molecule has 0 spiro atoms. The van der Waals surface area contributed by atoms with Crippen molar-refractivity contribution in [3.63, 3.8) is 0 Å². The van der Waals surface area contributed by atoms with Crippen LogP contribution in [0, 0.1) is 17.7 Å². The molecule has 0 atom stereocenters. The third-order valence-corrected chi connectivity index (χ3v) is 2.87. The number of nitrogens with zero attached hydrogens (tertiary/aromatic N) is 1. The molecule has 19 heavy (non-hydrogen) atoms. The van der Waals surface area contributed by atoms with Crippen molar-refractivity contribution in [1.82, 2.24) is 4.98 Å². The fraction of sp³-hybridized carbons (Fsp3) is 0. The number of carbonyl (C=O) groups is 1. The normalized spacial score (nSPS) is 10.3. The highest BCUT2D eigenvalue weighted by Gasteiger charge is 2.16. The van der Waals surface area contributed by atoms with Crippen LogP contribution in [0.2, 0.25) is 0 Å². The van der Waals surface area contributed by atoms with E-state index in [-0.39, 0.29) is 15.7 Å². The molecule has 0 aliphatic carbocycles. The summed E-state index contributed by atoms with van der Waals surface area (Å²) in [6.07, 6.45) is 0. The van der Waals surface area contributed by atoms with Gasteiger partial charge in [0.15, 0.2) is 0 Å². The summed E-state index contributed by atoms with van der Waals surface area (Å²) in [5, 5.41) is 2.12. The van der Waals surface area contributed by atoms with Gasteiger partial charge in [-0.3, -0.25) is 4.79 Å². The van der Waals surface area contributed by atoms with Gasteiger partial charge in [-0.25, -0.2) is 4.39 Å². The van der Waals surface area contributed by atoms with E-state index in [1.165, 1.54) is 18.2 Å². The number of rotatable bonds is 2. The lowest BCUT2D eigenvalue weighted by Crippen LogP contribution is -2.15. The maximum atomic E-state index is 13.6. The van der Waals surface area contributed by atoms with E-state index in [1.807, 2.05) is 0 Å². The van der Waals surface area contributed by atoms with E-state index in [0.29, 0.717) is 0 Å². The van der Waals surface area contributed by atoms with Gasteiger partial charge >= 0.3 is 0 Å². The molecule has 0 saturated heterocycles. The molecule has 0 fully saturated rings. The molecule has 1 amide bonds. The Morgan fingerprint density at radius 2 is 1.89 bits per heavy atom. The minimum absolute atomic E-state index is 0.109. The van der Waals surface area contributed by atoms with Crippen molar-refractivity contribution in [3.8, 4) is 0 Å². The average Bonchev–Trinajstić information content (AvgIpc) is 2.36. The zero-order valence-electron chi connectivity index (χ0n) is 9.25. The molecular weight excluding hydrogens is 325 g/mol. The van der Waals surface area contributed by atoms with E-state index < -0.39 is 23.6 Å². The van der Waals surface area contributed by atoms with Gasteiger partial charge in [0, 0.05) is 0 Å². The van der Waals surface area contributed by atoms with Crippen molar-refractivity contribution >= 4 is 27.5 Å². The second-order valence-corrected chi connectivity index (χ2v) is 4.38. The van der Waals surface area contributed by atoms with Crippen molar-refractivity contribution in [1.29, 1.82) is 0 Å². The fourth-order valence-electron chi connectivity index (χ4n) is 1.37. The van der Waals surface area contributed by atoms with Gasteiger partial charge in [0.2, 0.25) is 11.9 Å². The largest absolute Gasteiger partial charge is 0.318 e. The van der Waals surface area contributed by atoms with Crippen molar-refractivity contribution in [2.45, 2.75) is 0 Å². The second kappa shape index (κ2) is 5.40. The van der Waals surface area contributed by atoms with Gasteiger partial charge in [0.25, 0.3) is 5.91 Å². The van der Waals surface area contributed by atoms with Crippen molar-refractivity contribution in [2.24, 2.45) is 0 Å². The molecule has 1 heterocycles. The quantitative estimate of drug-likeness (QED) is 0.856. The highest BCUT2D eigenvalue weighted by Crippen LogP contribution is 2.20. The standard InChI is InChI=1S/C12H6BrF3N2O/c13-7-3-1-2-6(10(7)15)12(19)17-8-4-5-9(14)18-11(8)16/h1-5H,(H,17,19). The SMILES string of the molecule is O=C(Nc1ccc(F)nc1F)c1cccc(Br)c1F. The number of hydrogen-bond acceptors (Lipinski definition) is 2. The Morgan fingerprint density at radius 3 is 2.58 bits per heavy atom. The number of aromatic nitrogens is 1. The zero-order chi connectivity index (χ0) is 14.0. The minimum Gasteiger partial charge on any atom is -0.318 e. The van der Waals surface area contributed by atoms with E-state index in [0.717, 1.165) is 12.1 Å². The highest BCUT2D eigenvalue weighted by molar-refractivity contribution is 9.10. The predicted octanol–water partition coefficient (Wildman–Crippen LogP) is 3.51. The van der Waals surface area contributed by atoms with E-state index in [2.05, 4.69) is 26.2 Å². The third kappa shape index (κ3) is 2.93. The minimum atomic E-state index is -1.18. The Kier molecular flexibility index (Phi) is 3.84. The summed E-state index contributed by atoms with van der Waals surface area (Å²) in [4.78, 5) is 14.7. The fourth-order valence-corrected chi connectivity index (χ4v) is 1.74. The number of nitrogens with one attached hydrogen (secondary N) is 1. The van der Waals surface area contributed by atoms with Crippen LogP contribution in [0.3, 0.4) is 0 Å². The maximum Gasteiger partial charge on any atom is 0.258 e.